The number of hydrogen-bond acceptors (Lipinski definition) is 5. The minimum Gasteiger partial charge on any atom is -0.496 e. The standard InChI is InChI=1S/C25H22FN5O3/c1-34-20-13-16(9-10-17(20)18-3-2-4-19-21(18)22(27)31-30-19)29-24(33)25(11-12-25)23(32)28-15-7-5-14(26)6-8-15/h2-10,13H,11-12H2,1H3,(H,28,32)(H,29,33)(H3,27,30,31). The molecule has 5 N–H and O–H groups in total. The van der Waals surface area contributed by atoms with Crippen molar-refractivity contribution in [2.45, 2.75) is 12.8 Å². The van der Waals surface area contributed by atoms with E-state index in [1.807, 2.05) is 24.3 Å². The van der Waals surface area contributed by atoms with E-state index in [1.54, 1.807) is 19.2 Å². The second kappa shape index (κ2) is 8.18. The van der Waals surface area contributed by atoms with Gasteiger partial charge in [-0.05, 0) is 60.9 Å². The van der Waals surface area contributed by atoms with Crippen molar-refractivity contribution in [3.63, 3.8) is 0 Å². The van der Waals surface area contributed by atoms with E-state index in [0.717, 1.165) is 22.0 Å². The van der Waals surface area contributed by atoms with Crippen LogP contribution in [-0.4, -0.2) is 29.1 Å². The Balaban J connectivity index is 1.37. The van der Waals surface area contributed by atoms with Gasteiger partial charge in [0.05, 0.1) is 18.0 Å². The van der Waals surface area contributed by atoms with Crippen molar-refractivity contribution in [2.75, 3.05) is 23.5 Å². The number of rotatable bonds is 6. The molecule has 0 aliphatic heterocycles. The topological polar surface area (TPSA) is 122 Å². The average molecular weight is 459 g/mol. The summed E-state index contributed by atoms with van der Waals surface area (Å²) in [6.07, 6.45) is 0.867. The molecule has 172 valence electrons. The third kappa shape index (κ3) is 3.71. The van der Waals surface area contributed by atoms with Crippen LogP contribution in [0.4, 0.5) is 21.6 Å². The fourth-order valence-electron chi connectivity index (χ4n) is 4.03. The van der Waals surface area contributed by atoms with Crippen molar-refractivity contribution in [3.8, 4) is 16.9 Å². The third-order valence-corrected chi connectivity index (χ3v) is 6.09. The van der Waals surface area contributed by atoms with E-state index in [9.17, 15) is 14.0 Å². The Morgan fingerprint density at radius 1 is 1.00 bits per heavy atom. The normalized spacial score (nSPS) is 13.9. The second-order valence-corrected chi connectivity index (χ2v) is 8.25. The molecule has 0 bridgehead atoms. The van der Waals surface area contributed by atoms with Gasteiger partial charge in [-0.1, -0.05) is 12.1 Å². The Hall–Kier alpha value is -4.40. The second-order valence-electron chi connectivity index (χ2n) is 8.25. The van der Waals surface area contributed by atoms with Gasteiger partial charge in [0.2, 0.25) is 11.8 Å². The van der Waals surface area contributed by atoms with Gasteiger partial charge in [0.1, 0.15) is 17.0 Å². The van der Waals surface area contributed by atoms with Gasteiger partial charge in [0.25, 0.3) is 0 Å². The number of anilines is 3. The van der Waals surface area contributed by atoms with Gasteiger partial charge < -0.3 is 21.1 Å². The number of carbonyl (C=O) groups excluding carboxylic acids is 2. The summed E-state index contributed by atoms with van der Waals surface area (Å²) in [6.45, 7) is 0. The highest BCUT2D eigenvalue weighted by molar-refractivity contribution is 6.17. The predicted molar refractivity (Wildman–Crippen MR) is 128 cm³/mol. The number of nitrogens with zero attached hydrogens (tertiary/aromatic N) is 1. The number of halogens is 1. The summed E-state index contributed by atoms with van der Waals surface area (Å²) in [5.41, 5.74) is 8.26. The van der Waals surface area contributed by atoms with Gasteiger partial charge >= 0.3 is 0 Å². The van der Waals surface area contributed by atoms with Gasteiger partial charge in [-0.15, -0.1) is 0 Å². The number of benzene rings is 3. The Bertz CT molecular complexity index is 1410. The van der Waals surface area contributed by atoms with Gasteiger partial charge in [0, 0.05) is 23.0 Å². The summed E-state index contributed by atoms with van der Waals surface area (Å²) in [5, 5.41) is 13.3. The van der Waals surface area contributed by atoms with Crippen LogP contribution in [0.25, 0.3) is 22.0 Å². The lowest BCUT2D eigenvalue weighted by Crippen LogP contribution is -2.35. The first-order valence-corrected chi connectivity index (χ1v) is 10.7. The number of H-pyrrole nitrogens is 1. The van der Waals surface area contributed by atoms with E-state index in [-0.39, 0.29) is 0 Å². The number of amides is 2. The quantitative estimate of drug-likeness (QED) is 0.320. The molecule has 2 amide bonds. The molecular formula is C25H22FN5O3. The van der Waals surface area contributed by atoms with Crippen LogP contribution in [-0.2, 0) is 9.59 Å². The number of fused-ring (bicyclic) bond motifs is 1. The van der Waals surface area contributed by atoms with E-state index < -0.39 is 23.0 Å². The van der Waals surface area contributed by atoms with Crippen molar-refractivity contribution in [3.05, 3.63) is 66.5 Å². The van der Waals surface area contributed by atoms with Crippen LogP contribution in [0.1, 0.15) is 12.8 Å². The minimum absolute atomic E-state index is 0.382. The molecule has 4 aromatic rings. The first kappa shape index (κ1) is 21.4. The minimum atomic E-state index is -1.16. The van der Waals surface area contributed by atoms with E-state index in [2.05, 4.69) is 20.8 Å². The highest BCUT2D eigenvalue weighted by Gasteiger charge is 2.56. The predicted octanol–water partition coefficient (Wildman–Crippen LogP) is 4.32. The number of aromatic amines is 1. The van der Waals surface area contributed by atoms with Crippen LogP contribution in [0.15, 0.2) is 60.7 Å². The molecule has 0 unspecified atom stereocenters. The number of nitrogens with two attached hydrogens (primary N) is 1. The summed E-state index contributed by atoms with van der Waals surface area (Å²) in [4.78, 5) is 25.8. The molecule has 9 heteroatoms. The molecule has 0 radical (unpaired) electrons. The Labute approximate surface area is 194 Å². The maximum Gasteiger partial charge on any atom is 0.240 e. The summed E-state index contributed by atoms with van der Waals surface area (Å²) in [5.74, 6) is -0.300. The Kier molecular flexibility index (Phi) is 5.16. The number of nitrogens with one attached hydrogen (secondary N) is 3. The highest BCUT2D eigenvalue weighted by atomic mass is 19.1. The molecule has 0 atom stereocenters. The monoisotopic (exact) mass is 459 g/mol. The van der Waals surface area contributed by atoms with Crippen LogP contribution < -0.4 is 21.1 Å². The van der Waals surface area contributed by atoms with Crippen LogP contribution in [0.2, 0.25) is 0 Å². The van der Waals surface area contributed by atoms with Crippen molar-refractivity contribution >= 4 is 39.9 Å². The molecule has 0 spiro atoms. The van der Waals surface area contributed by atoms with E-state index >= 15 is 0 Å². The van der Waals surface area contributed by atoms with Crippen molar-refractivity contribution in [1.82, 2.24) is 10.2 Å². The van der Waals surface area contributed by atoms with Crippen molar-refractivity contribution in [2.24, 2.45) is 5.41 Å². The number of nitrogen functional groups attached to an aromatic ring is 1. The van der Waals surface area contributed by atoms with Crippen LogP contribution in [0, 0.1) is 11.2 Å². The van der Waals surface area contributed by atoms with Crippen LogP contribution in [0.5, 0.6) is 5.75 Å². The number of aromatic nitrogens is 2. The van der Waals surface area contributed by atoms with Gasteiger partial charge in [-0.3, -0.25) is 14.7 Å². The lowest BCUT2D eigenvalue weighted by atomic mass is 9.99. The molecule has 34 heavy (non-hydrogen) atoms. The maximum atomic E-state index is 13.1. The summed E-state index contributed by atoms with van der Waals surface area (Å²) >= 11 is 0. The molecular weight excluding hydrogens is 437 g/mol. The fraction of sp³-hybridized carbons (Fsp3) is 0.160. The molecule has 1 aromatic heterocycles. The van der Waals surface area contributed by atoms with Crippen molar-refractivity contribution in [1.29, 1.82) is 0 Å². The fourth-order valence-corrected chi connectivity index (χ4v) is 4.03. The summed E-state index contributed by atoms with van der Waals surface area (Å²) in [7, 11) is 1.54. The summed E-state index contributed by atoms with van der Waals surface area (Å²) in [6, 6.07) is 16.4. The molecule has 1 fully saturated rings. The highest BCUT2D eigenvalue weighted by Crippen LogP contribution is 2.48. The van der Waals surface area contributed by atoms with Crippen LogP contribution >= 0.6 is 0 Å². The lowest BCUT2D eigenvalue weighted by molar-refractivity contribution is -0.131. The SMILES string of the molecule is COc1cc(NC(=O)C2(C(=O)Nc3ccc(F)cc3)CC2)ccc1-c1cccc2[nH]nc(N)c12. The number of ether oxygens (including phenoxy) is 1. The van der Waals surface area contributed by atoms with E-state index in [4.69, 9.17) is 10.5 Å². The number of carbonyl (C=O) groups is 2. The molecule has 0 saturated heterocycles. The largest absolute Gasteiger partial charge is 0.496 e. The Morgan fingerprint density at radius 3 is 2.35 bits per heavy atom. The lowest BCUT2D eigenvalue weighted by Gasteiger charge is -2.17. The zero-order chi connectivity index (χ0) is 23.9. The van der Waals surface area contributed by atoms with Gasteiger partial charge in [0.15, 0.2) is 5.82 Å². The smallest absolute Gasteiger partial charge is 0.240 e. The first-order chi connectivity index (χ1) is 16.4. The number of hydrogen-bond donors (Lipinski definition) is 4. The molecule has 1 aliphatic rings. The molecule has 1 aliphatic carbocycles. The van der Waals surface area contributed by atoms with Crippen molar-refractivity contribution < 1.29 is 18.7 Å². The Morgan fingerprint density at radius 2 is 1.68 bits per heavy atom. The van der Waals surface area contributed by atoms with E-state index in [1.165, 1.54) is 24.3 Å². The number of methoxy groups -OCH3 is 1. The molecule has 1 saturated carbocycles. The van der Waals surface area contributed by atoms with Gasteiger partial charge in [-0.2, -0.15) is 5.10 Å². The molecule has 8 nitrogen and oxygen atoms in total. The zero-order valence-corrected chi connectivity index (χ0v) is 18.3. The maximum absolute atomic E-state index is 13.1. The third-order valence-electron chi connectivity index (χ3n) is 6.09. The van der Waals surface area contributed by atoms with Gasteiger partial charge in [-0.25, -0.2) is 4.39 Å². The molecule has 1 heterocycles. The molecule has 5 rings (SSSR count). The average Bonchev–Trinajstić information content (AvgIpc) is 3.58. The van der Waals surface area contributed by atoms with E-state index in [0.29, 0.717) is 35.8 Å². The molecule has 3 aromatic carbocycles. The van der Waals surface area contributed by atoms with Crippen LogP contribution in [0.3, 0.4) is 0 Å². The first-order valence-electron chi connectivity index (χ1n) is 10.7. The summed E-state index contributed by atoms with van der Waals surface area (Å²) < 4.78 is 18.7. The zero-order valence-electron chi connectivity index (χ0n) is 18.3.